The number of nitro groups is 1. The number of phenolic OH excluding ortho intramolecular Hbond substituents is 1. The summed E-state index contributed by atoms with van der Waals surface area (Å²) in [6.45, 7) is 9.47. The summed E-state index contributed by atoms with van der Waals surface area (Å²) in [5, 5.41) is 39.8. The molecule has 0 atom stereocenters. The predicted octanol–water partition coefficient (Wildman–Crippen LogP) is 1.56. The molecule has 0 aliphatic carbocycles. The van der Waals surface area contributed by atoms with Crippen LogP contribution in [-0.4, -0.2) is 40.2 Å². The number of carboxylic acid groups (broad SMARTS) is 1. The summed E-state index contributed by atoms with van der Waals surface area (Å²) in [7, 11) is -2.29. The van der Waals surface area contributed by atoms with Gasteiger partial charge in [0.05, 0.1) is 13.0 Å². The molecular formula is C13H17NO7Si. The monoisotopic (exact) mass is 327 g/mol. The zero-order valence-corrected chi connectivity index (χ0v) is 13.6. The van der Waals surface area contributed by atoms with E-state index in [4.69, 9.17) is 9.90 Å². The fraction of sp³-hybridized carbons (Fsp3) is 0.308. The SMILES string of the molecule is C=C=O.Cc1c(C(=O)O)c(O)c(O)c([N+](=O)[O-])c1[Si](C)(C)C. The predicted molar refractivity (Wildman–Crippen MR) is 82.4 cm³/mol. The topological polar surface area (TPSA) is 138 Å². The largest absolute Gasteiger partial charge is 0.503 e. The number of carbonyl (C=O) groups is 1. The molecule has 120 valence electrons. The third kappa shape index (κ3) is 3.71. The molecule has 3 N–H and O–H groups in total. The maximum atomic E-state index is 11.1. The summed E-state index contributed by atoms with van der Waals surface area (Å²) < 4.78 is 0. The van der Waals surface area contributed by atoms with Crippen molar-refractivity contribution in [2.45, 2.75) is 26.6 Å². The van der Waals surface area contributed by atoms with Crippen molar-refractivity contribution in [2.75, 3.05) is 0 Å². The normalized spacial score (nSPS) is 10.2. The van der Waals surface area contributed by atoms with Gasteiger partial charge in [0.25, 0.3) is 0 Å². The standard InChI is InChI=1S/C11H15NO6Si.C2H2O/c1-5-6(11(15)16)8(13)9(14)7(12(17)18)10(5)19(2,3)4;1-2-3/h13-14H,1-4H3,(H,15,16);1H2. The minimum Gasteiger partial charge on any atom is -0.503 e. The summed E-state index contributed by atoms with van der Waals surface area (Å²) >= 11 is 0. The van der Waals surface area contributed by atoms with E-state index in [0.29, 0.717) is 0 Å². The summed E-state index contributed by atoms with van der Waals surface area (Å²) in [6, 6.07) is 0. The van der Waals surface area contributed by atoms with Crippen LogP contribution in [0.3, 0.4) is 0 Å². The Labute approximate surface area is 127 Å². The summed E-state index contributed by atoms with van der Waals surface area (Å²) in [6.07, 6.45) is 0. The highest BCUT2D eigenvalue weighted by atomic mass is 28.3. The molecule has 0 fully saturated rings. The van der Waals surface area contributed by atoms with E-state index in [0.717, 1.165) is 0 Å². The van der Waals surface area contributed by atoms with Crippen molar-refractivity contribution >= 4 is 30.9 Å². The lowest BCUT2D eigenvalue weighted by atomic mass is 10.1. The third-order valence-corrected chi connectivity index (χ3v) is 4.93. The van der Waals surface area contributed by atoms with Crippen molar-refractivity contribution in [1.82, 2.24) is 0 Å². The highest BCUT2D eigenvalue weighted by Gasteiger charge is 2.37. The van der Waals surface area contributed by atoms with Crippen molar-refractivity contribution in [1.29, 1.82) is 0 Å². The zero-order valence-electron chi connectivity index (χ0n) is 12.6. The molecule has 1 aromatic rings. The molecule has 9 heteroatoms. The van der Waals surface area contributed by atoms with Crippen LogP contribution in [0.25, 0.3) is 0 Å². The van der Waals surface area contributed by atoms with Crippen molar-refractivity contribution in [3.8, 4) is 11.5 Å². The maximum Gasteiger partial charge on any atom is 0.339 e. The van der Waals surface area contributed by atoms with Gasteiger partial charge in [-0.15, -0.1) is 0 Å². The number of nitrogens with zero attached hydrogens (tertiary/aromatic N) is 1. The molecule has 0 spiro atoms. The minimum atomic E-state index is -2.29. The van der Waals surface area contributed by atoms with Gasteiger partial charge in [0.15, 0.2) is 5.75 Å². The van der Waals surface area contributed by atoms with Gasteiger partial charge in [-0.2, -0.15) is 0 Å². The number of carbonyl (C=O) groups excluding carboxylic acids is 1. The number of hydrogen-bond donors (Lipinski definition) is 3. The minimum absolute atomic E-state index is 0.133. The van der Waals surface area contributed by atoms with Gasteiger partial charge in [0.2, 0.25) is 5.75 Å². The molecule has 0 saturated carbocycles. The number of nitro benzene ring substituents is 1. The smallest absolute Gasteiger partial charge is 0.339 e. The fourth-order valence-electron chi connectivity index (χ4n) is 2.19. The third-order valence-electron chi connectivity index (χ3n) is 2.82. The van der Waals surface area contributed by atoms with Crippen LogP contribution in [0.1, 0.15) is 15.9 Å². The van der Waals surface area contributed by atoms with Gasteiger partial charge in [0.1, 0.15) is 11.5 Å². The number of aromatic hydroxyl groups is 2. The van der Waals surface area contributed by atoms with E-state index in [1.807, 2.05) is 0 Å². The second-order valence-electron chi connectivity index (χ2n) is 5.38. The summed E-state index contributed by atoms with van der Waals surface area (Å²) in [5.74, 6) is -2.12. The van der Waals surface area contributed by atoms with Crippen LogP contribution in [0.15, 0.2) is 6.58 Å². The van der Waals surface area contributed by atoms with Crippen LogP contribution in [0.2, 0.25) is 19.6 Å². The second-order valence-corrected chi connectivity index (χ2v) is 10.4. The number of phenols is 2. The average molecular weight is 327 g/mol. The molecule has 0 heterocycles. The Kier molecular flexibility index (Phi) is 6.05. The van der Waals surface area contributed by atoms with Crippen LogP contribution in [0.5, 0.6) is 11.5 Å². The first-order chi connectivity index (χ1) is 9.91. The van der Waals surface area contributed by atoms with Crippen LogP contribution < -0.4 is 5.19 Å². The Morgan fingerprint density at radius 1 is 1.27 bits per heavy atom. The van der Waals surface area contributed by atoms with Crippen molar-refractivity contribution < 1.29 is 29.8 Å². The van der Waals surface area contributed by atoms with Crippen molar-refractivity contribution in [3.05, 3.63) is 27.8 Å². The lowest BCUT2D eigenvalue weighted by Crippen LogP contribution is -2.42. The molecule has 22 heavy (non-hydrogen) atoms. The van der Waals surface area contributed by atoms with Crippen molar-refractivity contribution in [3.63, 3.8) is 0 Å². The highest BCUT2D eigenvalue weighted by Crippen LogP contribution is 2.39. The Morgan fingerprint density at radius 3 is 1.95 bits per heavy atom. The molecule has 0 saturated heterocycles. The van der Waals surface area contributed by atoms with Gasteiger partial charge in [-0.1, -0.05) is 19.6 Å². The van der Waals surface area contributed by atoms with Gasteiger partial charge in [-0.25, -0.2) is 9.59 Å². The molecule has 1 aromatic carbocycles. The maximum absolute atomic E-state index is 11.1. The lowest BCUT2D eigenvalue weighted by molar-refractivity contribution is -0.384. The molecule has 0 aliphatic rings. The zero-order chi connectivity index (χ0) is 17.8. The Hall–Kier alpha value is -2.64. The van der Waals surface area contributed by atoms with Crippen LogP contribution in [0.4, 0.5) is 5.69 Å². The van der Waals surface area contributed by atoms with E-state index in [9.17, 15) is 25.1 Å². The van der Waals surface area contributed by atoms with Gasteiger partial charge in [-0.05, 0) is 19.1 Å². The van der Waals surface area contributed by atoms with Crippen LogP contribution in [0, 0.1) is 17.0 Å². The van der Waals surface area contributed by atoms with Gasteiger partial charge in [-0.3, -0.25) is 10.1 Å². The molecule has 1 rings (SSSR count). The van der Waals surface area contributed by atoms with Crippen molar-refractivity contribution in [2.24, 2.45) is 0 Å². The van der Waals surface area contributed by atoms with E-state index >= 15 is 0 Å². The molecule has 0 bridgehead atoms. The quantitative estimate of drug-likeness (QED) is 0.252. The summed E-state index contributed by atoms with van der Waals surface area (Å²) in [5.41, 5.74) is -0.951. The van der Waals surface area contributed by atoms with Crippen LogP contribution in [-0.2, 0) is 4.79 Å². The van der Waals surface area contributed by atoms with E-state index in [-0.39, 0.29) is 10.8 Å². The average Bonchev–Trinajstić information content (AvgIpc) is 2.32. The number of hydrogen-bond acceptors (Lipinski definition) is 6. The molecule has 8 nitrogen and oxygen atoms in total. The van der Waals surface area contributed by atoms with Gasteiger partial charge < -0.3 is 15.3 Å². The Balaban J connectivity index is 0.00000135. The van der Waals surface area contributed by atoms with E-state index in [2.05, 4.69) is 6.58 Å². The first-order valence-electron chi connectivity index (χ1n) is 6.02. The van der Waals surface area contributed by atoms with E-state index in [1.54, 1.807) is 19.6 Å². The number of carboxylic acids is 1. The first kappa shape index (κ1) is 19.4. The van der Waals surface area contributed by atoms with E-state index in [1.165, 1.54) is 12.9 Å². The van der Waals surface area contributed by atoms with Gasteiger partial charge >= 0.3 is 11.7 Å². The lowest BCUT2D eigenvalue weighted by Gasteiger charge is -2.21. The summed E-state index contributed by atoms with van der Waals surface area (Å²) in [4.78, 5) is 30.0. The number of rotatable bonds is 3. The molecule has 0 amide bonds. The first-order valence-corrected chi connectivity index (χ1v) is 9.52. The molecule has 0 radical (unpaired) electrons. The molecule has 0 unspecified atom stereocenters. The Morgan fingerprint density at radius 2 is 1.68 bits per heavy atom. The van der Waals surface area contributed by atoms with E-state index < -0.39 is 41.7 Å². The number of benzene rings is 1. The Bertz CT molecular complexity index is 656. The second kappa shape index (κ2) is 6.88. The fourth-order valence-corrected chi connectivity index (χ4v) is 4.36. The van der Waals surface area contributed by atoms with Crippen LogP contribution >= 0.6 is 0 Å². The highest BCUT2D eigenvalue weighted by molar-refractivity contribution is 6.90. The van der Waals surface area contributed by atoms with Gasteiger partial charge in [0, 0.05) is 5.19 Å². The molecule has 0 aromatic heterocycles. The molecule has 0 aliphatic heterocycles. The number of aromatic carboxylic acids is 1. The molecular weight excluding hydrogens is 310 g/mol.